The van der Waals surface area contributed by atoms with Gasteiger partial charge in [0.05, 0.1) is 17.8 Å². The minimum atomic E-state index is -0.453. The van der Waals surface area contributed by atoms with Gasteiger partial charge in [0.25, 0.3) is 0 Å². The number of carbonyl (C=O) groups excluding carboxylic acids is 2. The summed E-state index contributed by atoms with van der Waals surface area (Å²) in [5.41, 5.74) is 2.23. The normalized spacial score (nSPS) is 14.3. The lowest BCUT2D eigenvalue weighted by molar-refractivity contribution is -0.128. The van der Waals surface area contributed by atoms with Gasteiger partial charge < -0.3 is 14.2 Å². The first-order valence-corrected chi connectivity index (χ1v) is 10.3. The van der Waals surface area contributed by atoms with Crippen LogP contribution in [0.4, 0.5) is 0 Å². The SMILES string of the molecule is CCCOc1ccc(C2=c3cc4c(cc3OC2=O)=C(c2ccc(Cl)cc2)C(=O)O4)cc1. The van der Waals surface area contributed by atoms with E-state index in [1.54, 1.807) is 36.4 Å². The minimum absolute atomic E-state index is 0.396. The Balaban J connectivity index is 1.64. The Morgan fingerprint density at radius 2 is 1.26 bits per heavy atom. The Bertz CT molecular complexity index is 1340. The van der Waals surface area contributed by atoms with Gasteiger partial charge in [0.1, 0.15) is 17.2 Å². The summed E-state index contributed by atoms with van der Waals surface area (Å²) < 4.78 is 16.6. The number of benzene rings is 3. The summed E-state index contributed by atoms with van der Waals surface area (Å²) in [6, 6.07) is 17.6. The highest BCUT2D eigenvalue weighted by Gasteiger charge is 2.30. The maximum Gasteiger partial charge on any atom is 0.344 e. The smallest absolute Gasteiger partial charge is 0.344 e. The van der Waals surface area contributed by atoms with Crippen LogP contribution in [0.25, 0.3) is 11.1 Å². The Labute approximate surface area is 183 Å². The zero-order valence-corrected chi connectivity index (χ0v) is 17.4. The molecule has 0 aliphatic carbocycles. The quantitative estimate of drug-likeness (QED) is 0.457. The molecule has 0 atom stereocenters. The zero-order valence-electron chi connectivity index (χ0n) is 16.6. The van der Waals surface area contributed by atoms with Crippen molar-refractivity contribution in [2.45, 2.75) is 13.3 Å². The Morgan fingerprint density at radius 1 is 0.774 bits per heavy atom. The summed E-state index contributed by atoms with van der Waals surface area (Å²) in [5, 5.41) is 1.75. The number of ether oxygens (including phenoxy) is 3. The van der Waals surface area contributed by atoms with Crippen LogP contribution in [0.5, 0.6) is 17.2 Å². The van der Waals surface area contributed by atoms with Gasteiger partial charge in [-0.25, -0.2) is 9.59 Å². The first-order valence-electron chi connectivity index (χ1n) is 9.91. The molecule has 2 heterocycles. The molecule has 2 aliphatic heterocycles. The molecule has 0 spiro atoms. The molecule has 0 aromatic heterocycles. The average molecular weight is 433 g/mol. The number of hydrogen-bond acceptors (Lipinski definition) is 5. The molecule has 6 heteroatoms. The van der Waals surface area contributed by atoms with E-state index < -0.39 is 11.9 Å². The Hall–Kier alpha value is -3.57. The molecule has 0 saturated carbocycles. The van der Waals surface area contributed by atoms with Crippen molar-refractivity contribution in [3.8, 4) is 17.2 Å². The Kier molecular flexibility index (Phi) is 4.75. The van der Waals surface area contributed by atoms with Crippen molar-refractivity contribution in [1.82, 2.24) is 0 Å². The van der Waals surface area contributed by atoms with Crippen molar-refractivity contribution >= 4 is 34.7 Å². The lowest BCUT2D eigenvalue weighted by atomic mass is 10.0. The summed E-state index contributed by atoms with van der Waals surface area (Å²) in [4.78, 5) is 25.2. The van der Waals surface area contributed by atoms with Gasteiger partial charge >= 0.3 is 11.9 Å². The van der Waals surface area contributed by atoms with Gasteiger partial charge in [-0.1, -0.05) is 42.8 Å². The third-order valence-electron chi connectivity index (χ3n) is 5.18. The molecule has 2 aliphatic rings. The maximum absolute atomic E-state index is 12.7. The molecule has 3 aromatic rings. The van der Waals surface area contributed by atoms with Crippen molar-refractivity contribution < 1.29 is 23.8 Å². The topological polar surface area (TPSA) is 61.8 Å². The Morgan fingerprint density at radius 3 is 1.74 bits per heavy atom. The summed E-state index contributed by atoms with van der Waals surface area (Å²) >= 11 is 5.96. The molecular formula is C25H17ClO5. The largest absolute Gasteiger partial charge is 0.494 e. The van der Waals surface area contributed by atoms with Crippen LogP contribution in [0.2, 0.25) is 5.02 Å². The van der Waals surface area contributed by atoms with Gasteiger partial charge in [0, 0.05) is 15.5 Å². The van der Waals surface area contributed by atoms with E-state index in [2.05, 4.69) is 0 Å². The molecule has 31 heavy (non-hydrogen) atoms. The second kappa shape index (κ2) is 7.60. The van der Waals surface area contributed by atoms with Crippen LogP contribution in [-0.2, 0) is 9.59 Å². The van der Waals surface area contributed by atoms with Crippen LogP contribution >= 0.6 is 11.6 Å². The van der Waals surface area contributed by atoms with Crippen LogP contribution in [0.3, 0.4) is 0 Å². The van der Waals surface area contributed by atoms with E-state index in [0.717, 1.165) is 12.2 Å². The number of rotatable bonds is 5. The molecular weight excluding hydrogens is 416 g/mol. The van der Waals surface area contributed by atoms with Crippen LogP contribution in [-0.4, -0.2) is 18.5 Å². The molecule has 3 aromatic carbocycles. The molecule has 0 unspecified atom stereocenters. The predicted octanol–water partition coefficient (Wildman–Crippen LogP) is 3.36. The lowest BCUT2D eigenvalue weighted by Crippen LogP contribution is -2.11. The maximum atomic E-state index is 12.7. The van der Waals surface area contributed by atoms with E-state index in [1.165, 1.54) is 0 Å². The van der Waals surface area contributed by atoms with Crippen LogP contribution in [0, 0.1) is 0 Å². The highest BCUT2D eigenvalue weighted by atomic mass is 35.5. The van der Waals surface area contributed by atoms with E-state index in [-0.39, 0.29) is 0 Å². The monoisotopic (exact) mass is 432 g/mol. The second-order valence-corrected chi connectivity index (χ2v) is 7.69. The van der Waals surface area contributed by atoms with E-state index in [4.69, 9.17) is 25.8 Å². The molecule has 0 fully saturated rings. The van der Waals surface area contributed by atoms with Gasteiger partial charge in [0.15, 0.2) is 0 Å². The van der Waals surface area contributed by atoms with Gasteiger partial charge in [-0.15, -0.1) is 0 Å². The van der Waals surface area contributed by atoms with Gasteiger partial charge in [-0.2, -0.15) is 0 Å². The molecule has 0 amide bonds. The number of carbonyl (C=O) groups is 2. The number of fused-ring (bicyclic) bond motifs is 2. The molecule has 0 radical (unpaired) electrons. The molecule has 5 rings (SSSR count). The van der Waals surface area contributed by atoms with E-state index >= 15 is 0 Å². The highest BCUT2D eigenvalue weighted by molar-refractivity contribution is 6.30. The molecule has 0 saturated heterocycles. The average Bonchev–Trinajstić information content (AvgIpc) is 3.26. The van der Waals surface area contributed by atoms with Crippen LogP contribution in [0.1, 0.15) is 24.5 Å². The van der Waals surface area contributed by atoms with Crippen LogP contribution < -0.4 is 24.6 Å². The number of esters is 2. The van der Waals surface area contributed by atoms with E-state index in [9.17, 15) is 9.59 Å². The first-order chi connectivity index (χ1) is 15.0. The standard InChI is InChI=1S/C25H17ClO5/c1-2-11-29-17-9-5-15(6-10-17)23-19-13-20-18(12-21(19)31-25(23)28)22(24(27)30-20)14-3-7-16(26)8-4-14/h3-10,12-13H,2,11H2,1H3. The predicted molar refractivity (Wildman–Crippen MR) is 116 cm³/mol. The first kappa shape index (κ1) is 19.4. The zero-order chi connectivity index (χ0) is 21.5. The van der Waals surface area contributed by atoms with Gasteiger partial charge in [-0.05, 0) is 53.9 Å². The molecule has 0 bridgehead atoms. The molecule has 5 nitrogen and oxygen atoms in total. The van der Waals surface area contributed by atoms with E-state index in [0.29, 0.717) is 55.8 Å². The summed E-state index contributed by atoms with van der Waals surface area (Å²) in [7, 11) is 0. The van der Waals surface area contributed by atoms with Crippen molar-refractivity contribution in [3.63, 3.8) is 0 Å². The summed E-state index contributed by atoms with van der Waals surface area (Å²) in [5.74, 6) is 0.636. The fraction of sp³-hybridized carbons (Fsp3) is 0.120. The fourth-order valence-corrected chi connectivity index (χ4v) is 3.87. The van der Waals surface area contributed by atoms with Crippen LogP contribution in [0.15, 0.2) is 60.7 Å². The third-order valence-corrected chi connectivity index (χ3v) is 5.43. The minimum Gasteiger partial charge on any atom is -0.494 e. The fourth-order valence-electron chi connectivity index (χ4n) is 3.74. The number of hydrogen-bond donors (Lipinski definition) is 0. The van der Waals surface area contributed by atoms with E-state index in [1.807, 2.05) is 31.2 Å². The second-order valence-electron chi connectivity index (χ2n) is 7.25. The summed E-state index contributed by atoms with van der Waals surface area (Å²) in [6.45, 7) is 2.67. The lowest BCUT2D eigenvalue weighted by Gasteiger charge is -2.05. The van der Waals surface area contributed by atoms with Crippen molar-refractivity contribution in [2.75, 3.05) is 6.61 Å². The molecule has 0 N–H and O–H groups in total. The highest BCUT2D eigenvalue weighted by Crippen LogP contribution is 2.28. The number of halogens is 1. The summed E-state index contributed by atoms with van der Waals surface area (Å²) in [6.07, 6.45) is 0.914. The van der Waals surface area contributed by atoms with Gasteiger partial charge in [0.2, 0.25) is 0 Å². The van der Waals surface area contributed by atoms with Crippen molar-refractivity contribution in [3.05, 3.63) is 87.3 Å². The van der Waals surface area contributed by atoms with Gasteiger partial charge in [-0.3, -0.25) is 0 Å². The molecule has 154 valence electrons. The van der Waals surface area contributed by atoms with Crippen molar-refractivity contribution in [1.29, 1.82) is 0 Å². The van der Waals surface area contributed by atoms with Crippen molar-refractivity contribution in [2.24, 2.45) is 0 Å². The third kappa shape index (κ3) is 3.37.